The molecule has 1 fully saturated rings. The van der Waals surface area contributed by atoms with E-state index in [-0.39, 0.29) is 26.4 Å². The SMILES string of the molecule is COc1ccccc1N1CCN(c2ncc(S(=O)(=O)c3cc(Cl)ccc3OC)c(N)n2)CC1. The summed E-state index contributed by atoms with van der Waals surface area (Å²) >= 11 is 6.01. The number of hydrogen-bond donors (Lipinski definition) is 1. The number of aromatic nitrogens is 2. The third-order valence-electron chi connectivity index (χ3n) is 5.46. The maximum absolute atomic E-state index is 13.2. The van der Waals surface area contributed by atoms with E-state index in [4.69, 9.17) is 26.8 Å². The van der Waals surface area contributed by atoms with Crippen molar-refractivity contribution in [1.29, 1.82) is 0 Å². The molecule has 0 aliphatic carbocycles. The molecule has 0 radical (unpaired) electrons. The molecule has 3 aromatic rings. The van der Waals surface area contributed by atoms with Crippen LogP contribution in [-0.2, 0) is 9.84 Å². The summed E-state index contributed by atoms with van der Waals surface area (Å²) in [4.78, 5) is 12.5. The van der Waals surface area contributed by atoms with E-state index in [2.05, 4.69) is 14.9 Å². The first kappa shape index (κ1) is 22.9. The number of methoxy groups -OCH3 is 2. The topological polar surface area (TPSA) is 111 Å². The smallest absolute Gasteiger partial charge is 0.227 e. The number of benzene rings is 2. The molecule has 2 N–H and O–H groups in total. The summed E-state index contributed by atoms with van der Waals surface area (Å²) in [5.41, 5.74) is 7.10. The number of ether oxygens (including phenoxy) is 2. The summed E-state index contributed by atoms with van der Waals surface area (Å²) in [6, 6.07) is 12.2. The predicted octanol–water partition coefficient (Wildman–Crippen LogP) is 2.89. The Morgan fingerprint density at radius 2 is 1.61 bits per heavy atom. The zero-order valence-corrected chi connectivity index (χ0v) is 19.8. The first-order chi connectivity index (χ1) is 15.8. The maximum Gasteiger partial charge on any atom is 0.227 e. The van der Waals surface area contributed by atoms with Crippen LogP contribution in [0.2, 0.25) is 5.02 Å². The lowest BCUT2D eigenvalue weighted by Crippen LogP contribution is -2.47. The van der Waals surface area contributed by atoms with Crippen LogP contribution in [0.5, 0.6) is 11.5 Å². The van der Waals surface area contributed by atoms with Crippen LogP contribution in [0.15, 0.2) is 58.5 Å². The second-order valence-electron chi connectivity index (χ2n) is 7.36. The van der Waals surface area contributed by atoms with Gasteiger partial charge in [0.15, 0.2) is 0 Å². The molecular weight excluding hydrogens is 466 g/mol. The Morgan fingerprint density at radius 3 is 2.27 bits per heavy atom. The molecule has 1 aromatic heterocycles. The van der Waals surface area contributed by atoms with E-state index in [1.165, 1.54) is 25.4 Å². The van der Waals surface area contributed by atoms with Crippen molar-refractivity contribution in [3.63, 3.8) is 0 Å². The Hall–Kier alpha value is -3.24. The second-order valence-corrected chi connectivity index (χ2v) is 9.69. The predicted molar refractivity (Wildman–Crippen MR) is 127 cm³/mol. The molecule has 0 bridgehead atoms. The molecule has 0 atom stereocenters. The average molecular weight is 490 g/mol. The van der Waals surface area contributed by atoms with E-state index in [0.29, 0.717) is 19.0 Å². The van der Waals surface area contributed by atoms with Crippen LogP contribution in [-0.4, -0.2) is 58.8 Å². The van der Waals surface area contributed by atoms with Gasteiger partial charge >= 0.3 is 0 Å². The Balaban J connectivity index is 1.55. The first-order valence-electron chi connectivity index (χ1n) is 10.2. The zero-order chi connectivity index (χ0) is 23.6. The highest BCUT2D eigenvalue weighted by Gasteiger charge is 2.28. The number of nitrogens with zero attached hydrogens (tertiary/aromatic N) is 4. The van der Waals surface area contributed by atoms with E-state index in [1.807, 2.05) is 29.2 Å². The summed E-state index contributed by atoms with van der Waals surface area (Å²) in [5, 5.41) is 0.262. The highest BCUT2D eigenvalue weighted by Crippen LogP contribution is 2.34. The Bertz CT molecular complexity index is 1260. The van der Waals surface area contributed by atoms with Gasteiger partial charge in [-0.3, -0.25) is 0 Å². The molecule has 1 saturated heterocycles. The number of nitrogen functional groups attached to an aromatic ring is 1. The lowest BCUT2D eigenvalue weighted by molar-refractivity contribution is 0.402. The van der Waals surface area contributed by atoms with Gasteiger partial charge in [-0.1, -0.05) is 23.7 Å². The van der Waals surface area contributed by atoms with Crippen molar-refractivity contribution in [3.05, 3.63) is 53.7 Å². The largest absolute Gasteiger partial charge is 0.495 e. The summed E-state index contributed by atoms with van der Waals surface area (Å²) in [5.74, 6) is 1.23. The van der Waals surface area contributed by atoms with Crippen molar-refractivity contribution in [2.24, 2.45) is 0 Å². The van der Waals surface area contributed by atoms with Crippen molar-refractivity contribution in [1.82, 2.24) is 9.97 Å². The number of halogens is 1. The van der Waals surface area contributed by atoms with E-state index >= 15 is 0 Å². The number of anilines is 3. The third kappa shape index (κ3) is 4.49. The van der Waals surface area contributed by atoms with Crippen LogP contribution < -0.4 is 25.0 Å². The molecule has 0 amide bonds. The molecule has 1 aliphatic rings. The van der Waals surface area contributed by atoms with Crippen molar-refractivity contribution in [2.45, 2.75) is 9.79 Å². The van der Waals surface area contributed by atoms with Crippen molar-refractivity contribution in [2.75, 3.05) is 55.9 Å². The standard InChI is InChI=1S/C22H24ClN5O4S/c1-31-17-6-4-3-5-16(17)27-9-11-28(12-10-27)22-25-14-20(21(24)26-22)33(29,30)19-13-15(23)7-8-18(19)32-2/h3-8,13-14H,9-12H2,1-2H3,(H2,24,25,26). The molecule has 9 nitrogen and oxygen atoms in total. The molecule has 11 heteroatoms. The minimum atomic E-state index is -4.03. The van der Waals surface area contributed by atoms with Gasteiger partial charge in [0.25, 0.3) is 0 Å². The van der Waals surface area contributed by atoms with Crippen molar-refractivity contribution >= 4 is 38.9 Å². The number of hydrogen-bond acceptors (Lipinski definition) is 9. The Morgan fingerprint density at radius 1 is 0.939 bits per heavy atom. The van der Waals surface area contributed by atoms with Gasteiger partial charge in [0.2, 0.25) is 15.8 Å². The minimum Gasteiger partial charge on any atom is -0.495 e. The zero-order valence-electron chi connectivity index (χ0n) is 18.2. The van der Waals surface area contributed by atoms with Gasteiger partial charge in [-0.25, -0.2) is 13.4 Å². The molecule has 0 spiro atoms. The van der Waals surface area contributed by atoms with Crippen LogP contribution in [0, 0.1) is 0 Å². The van der Waals surface area contributed by atoms with E-state index < -0.39 is 9.84 Å². The van der Waals surface area contributed by atoms with E-state index in [9.17, 15) is 8.42 Å². The maximum atomic E-state index is 13.2. The molecule has 2 heterocycles. The monoisotopic (exact) mass is 489 g/mol. The molecule has 174 valence electrons. The van der Waals surface area contributed by atoms with Crippen LogP contribution in [0.1, 0.15) is 0 Å². The van der Waals surface area contributed by atoms with Gasteiger partial charge in [-0.2, -0.15) is 4.98 Å². The normalized spacial score (nSPS) is 14.3. The molecule has 2 aromatic carbocycles. The summed E-state index contributed by atoms with van der Waals surface area (Å²) in [7, 11) is -0.997. The van der Waals surface area contributed by atoms with Gasteiger partial charge in [0.05, 0.1) is 26.1 Å². The minimum absolute atomic E-state index is 0.0917. The fourth-order valence-corrected chi connectivity index (χ4v) is 5.44. The molecule has 0 unspecified atom stereocenters. The van der Waals surface area contributed by atoms with Gasteiger partial charge in [0.1, 0.15) is 27.1 Å². The lowest BCUT2D eigenvalue weighted by Gasteiger charge is -2.36. The highest BCUT2D eigenvalue weighted by atomic mass is 35.5. The Labute approximate surface area is 197 Å². The number of piperazine rings is 1. The molecular formula is C22H24ClN5O4S. The summed E-state index contributed by atoms with van der Waals surface area (Å²) in [6.07, 6.45) is 1.24. The quantitative estimate of drug-likeness (QED) is 0.558. The van der Waals surface area contributed by atoms with Crippen LogP contribution in [0.4, 0.5) is 17.5 Å². The summed E-state index contributed by atoms with van der Waals surface area (Å²) in [6.45, 7) is 2.74. The molecule has 4 rings (SSSR count). The lowest BCUT2D eigenvalue weighted by atomic mass is 10.2. The summed E-state index contributed by atoms with van der Waals surface area (Å²) < 4.78 is 37.1. The first-order valence-corrected chi connectivity index (χ1v) is 12.1. The average Bonchev–Trinajstić information content (AvgIpc) is 2.84. The van der Waals surface area contributed by atoms with Gasteiger partial charge in [-0.15, -0.1) is 0 Å². The van der Waals surface area contributed by atoms with Crippen molar-refractivity contribution < 1.29 is 17.9 Å². The van der Waals surface area contributed by atoms with Crippen LogP contribution in [0.3, 0.4) is 0 Å². The number of sulfone groups is 1. The number of para-hydroxylation sites is 2. The fourth-order valence-electron chi connectivity index (χ4n) is 3.75. The van der Waals surface area contributed by atoms with Gasteiger partial charge < -0.3 is 25.0 Å². The molecule has 33 heavy (non-hydrogen) atoms. The van der Waals surface area contributed by atoms with Gasteiger partial charge in [-0.05, 0) is 30.3 Å². The molecule has 0 saturated carbocycles. The van der Waals surface area contributed by atoms with Crippen LogP contribution >= 0.6 is 11.6 Å². The number of nitrogens with two attached hydrogens (primary N) is 1. The van der Waals surface area contributed by atoms with Crippen molar-refractivity contribution in [3.8, 4) is 11.5 Å². The number of rotatable bonds is 6. The fraction of sp³-hybridized carbons (Fsp3) is 0.273. The van der Waals surface area contributed by atoms with E-state index in [1.54, 1.807) is 13.2 Å². The van der Waals surface area contributed by atoms with Crippen LogP contribution in [0.25, 0.3) is 0 Å². The second kappa shape index (κ2) is 9.32. The van der Waals surface area contributed by atoms with Gasteiger partial charge in [0, 0.05) is 31.2 Å². The van der Waals surface area contributed by atoms with E-state index in [0.717, 1.165) is 24.5 Å². The molecule has 1 aliphatic heterocycles. The highest BCUT2D eigenvalue weighted by molar-refractivity contribution is 7.91. The Kier molecular flexibility index (Phi) is 6.48. The third-order valence-corrected chi connectivity index (χ3v) is 7.49.